The van der Waals surface area contributed by atoms with Crippen LogP contribution >= 0.6 is 12.2 Å². The molecule has 2 N–H and O–H groups in total. The minimum atomic E-state index is -0.674. The van der Waals surface area contributed by atoms with Crippen LogP contribution in [0.25, 0.3) is 0 Å². The molecule has 0 aromatic carbocycles. The van der Waals surface area contributed by atoms with Crippen molar-refractivity contribution < 1.29 is 9.90 Å². The zero-order chi connectivity index (χ0) is 20.3. The molecular formula is C21H43N3O2S. The maximum absolute atomic E-state index is 10.5. The number of aliphatic carboxylic acids is 1. The fourth-order valence-corrected chi connectivity index (χ4v) is 3.17. The highest BCUT2D eigenvalue weighted by Gasteiger charge is 2.06. The monoisotopic (exact) mass is 401 g/mol. The van der Waals surface area contributed by atoms with E-state index in [-0.39, 0.29) is 0 Å². The predicted molar refractivity (Wildman–Crippen MR) is 119 cm³/mol. The Labute approximate surface area is 172 Å². The third-order valence-electron chi connectivity index (χ3n) is 4.78. The van der Waals surface area contributed by atoms with Crippen LogP contribution in [-0.4, -0.2) is 66.3 Å². The van der Waals surface area contributed by atoms with Gasteiger partial charge in [0.1, 0.15) is 0 Å². The number of hydrogen-bond acceptors (Lipinski definition) is 3. The largest absolute Gasteiger partial charge is 0.481 e. The molecule has 0 spiro atoms. The van der Waals surface area contributed by atoms with Gasteiger partial charge >= 0.3 is 5.97 Å². The topological polar surface area (TPSA) is 55.8 Å². The maximum atomic E-state index is 10.5. The van der Waals surface area contributed by atoms with Gasteiger partial charge in [0.05, 0.1) is 0 Å². The highest BCUT2D eigenvalue weighted by Crippen LogP contribution is 2.09. The van der Waals surface area contributed by atoms with Crippen LogP contribution in [0, 0.1) is 0 Å². The fourth-order valence-electron chi connectivity index (χ4n) is 3.07. The number of carboxylic acid groups (broad SMARTS) is 1. The first-order valence-corrected chi connectivity index (χ1v) is 11.3. The third-order valence-corrected chi connectivity index (χ3v) is 5.29. The number of carboxylic acids is 1. The zero-order valence-electron chi connectivity index (χ0n) is 18.0. The quantitative estimate of drug-likeness (QED) is 0.260. The lowest BCUT2D eigenvalue weighted by Crippen LogP contribution is -2.36. The molecule has 0 aliphatic heterocycles. The van der Waals surface area contributed by atoms with Gasteiger partial charge in [-0.2, -0.15) is 0 Å². The highest BCUT2D eigenvalue weighted by molar-refractivity contribution is 7.80. The summed E-state index contributed by atoms with van der Waals surface area (Å²) in [4.78, 5) is 15.1. The first-order chi connectivity index (χ1) is 13.0. The van der Waals surface area contributed by atoms with E-state index in [9.17, 15) is 4.79 Å². The average molecular weight is 402 g/mol. The van der Waals surface area contributed by atoms with Crippen molar-refractivity contribution in [1.29, 1.82) is 0 Å². The second-order valence-electron chi connectivity index (χ2n) is 7.65. The Morgan fingerprint density at radius 3 is 1.93 bits per heavy atom. The number of carbonyl (C=O) groups is 1. The number of nitrogens with one attached hydrogen (secondary N) is 1. The maximum Gasteiger partial charge on any atom is 0.303 e. The van der Waals surface area contributed by atoms with Crippen molar-refractivity contribution in [2.24, 2.45) is 0 Å². The van der Waals surface area contributed by atoms with Crippen LogP contribution in [0.4, 0.5) is 0 Å². The molecule has 0 rings (SSSR count). The summed E-state index contributed by atoms with van der Waals surface area (Å²) < 4.78 is 0. The summed E-state index contributed by atoms with van der Waals surface area (Å²) in [6.07, 6.45) is 13.5. The normalized spacial score (nSPS) is 11.0. The number of nitrogens with zero attached hydrogens (tertiary/aromatic N) is 2. The summed E-state index contributed by atoms with van der Waals surface area (Å²) >= 11 is 5.27. The molecule has 0 aromatic heterocycles. The van der Waals surface area contributed by atoms with Crippen molar-refractivity contribution in [1.82, 2.24) is 15.1 Å². The van der Waals surface area contributed by atoms with Gasteiger partial charge in [0, 0.05) is 27.1 Å². The molecule has 0 fully saturated rings. The Morgan fingerprint density at radius 2 is 1.37 bits per heavy atom. The molecule has 0 radical (unpaired) electrons. The molecule has 6 heteroatoms. The summed E-state index contributed by atoms with van der Waals surface area (Å²) in [6, 6.07) is 0. The van der Waals surface area contributed by atoms with E-state index < -0.39 is 5.97 Å². The molecule has 0 aromatic rings. The lowest BCUT2D eigenvalue weighted by atomic mass is 10.1. The van der Waals surface area contributed by atoms with E-state index >= 15 is 0 Å². The molecular weight excluding hydrogens is 358 g/mol. The summed E-state index contributed by atoms with van der Waals surface area (Å²) in [5, 5.41) is 12.8. The van der Waals surface area contributed by atoms with Crippen molar-refractivity contribution in [2.45, 2.75) is 84.0 Å². The van der Waals surface area contributed by atoms with E-state index in [0.29, 0.717) is 6.42 Å². The van der Waals surface area contributed by atoms with Crippen molar-refractivity contribution in [3.05, 3.63) is 0 Å². The lowest BCUT2D eigenvalue weighted by molar-refractivity contribution is -0.137. The molecule has 0 saturated carbocycles. The molecule has 27 heavy (non-hydrogen) atoms. The zero-order valence-corrected chi connectivity index (χ0v) is 18.8. The van der Waals surface area contributed by atoms with Crippen LogP contribution < -0.4 is 5.32 Å². The fraction of sp³-hybridized carbons (Fsp3) is 0.905. The van der Waals surface area contributed by atoms with Gasteiger partial charge in [-0.1, -0.05) is 51.9 Å². The van der Waals surface area contributed by atoms with Gasteiger partial charge in [0.25, 0.3) is 0 Å². The van der Waals surface area contributed by atoms with Crippen LogP contribution in [-0.2, 0) is 4.79 Å². The first kappa shape index (κ1) is 26.1. The van der Waals surface area contributed by atoms with Gasteiger partial charge in [-0.15, -0.1) is 0 Å². The Balaban J connectivity index is 3.94. The van der Waals surface area contributed by atoms with E-state index in [2.05, 4.69) is 17.1 Å². The van der Waals surface area contributed by atoms with Gasteiger partial charge in [0.15, 0.2) is 5.11 Å². The summed E-state index contributed by atoms with van der Waals surface area (Å²) in [7, 11) is 3.93. The van der Waals surface area contributed by atoms with E-state index in [4.69, 9.17) is 17.3 Å². The van der Waals surface area contributed by atoms with Crippen LogP contribution in [0.5, 0.6) is 0 Å². The van der Waals surface area contributed by atoms with Gasteiger partial charge in [-0.25, -0.2) is 0 Å². The second kappa shape index (κ2) is 18.5. The van der Waals surface area contributed by atoms with E-state index in [1.807, 2.05) is 19.0 Å². The minimum Gasteiger partial charge on any atom is -0.481 e. The smallest absolute Gasteiger partial charge is 0.303 e. The Bertz CT molecular complexity index is 378. The predicted octanol–water partition coefficient (Wildman–Crippen LogP) is 4.51. The second-order valence-corrected chi connectivity index (χ2v) is 8.03. The molecule has 5 nitrogen and oxygen atoms in total. The Kier molecular flexibility index (Phi) is 17.9. The Hall–Kier alpha value is -0.880. The van der Waals surface area contributed by atoms with Crippen LogP contribution in [0.1, 0.15) is 84.0 Å². The van der Waals surface area contributed by atoms with Gasteiger partial charge in [-0.05, 0) is 57.5 Å². The molecule has 0 atom stereocenters. The first-order valence-electron chi connectivity index (χ1n) is 10.9. The third kappa shape index (κ3) is 18.3. The molecule has 160 valence electrons. The van der Waals surface area contributed by atoms with Crippen molar-refractivity contribution in [3.63, 3.8) is 0 Å². The number of hydrogen-bond donors (Lipinski definition) is 2. The van der Waals surface area contributed by atoms with Crippen LogP contribution in [0.15, 0.2) is 0 Å². The molecule has 0 unspecified atom stereocenters. The van der Waals surface area contributed by atoms with Crippen molar-refractivity contribution in [3.8, 4) is 0 Å². The summed E-state index contributed by atoms with van der Waals surface area (Å²) in [6.45, 7) is 6.66. The lowest BCUT2D eigenvalue weighted by Gasteiger charge is -2.23. The van der Waals surface area contributed by atoms with Crippen LogP contribution in [0.3, 0.4) is 0 Å². The molecule has 0 heterocycles. The standard InChI is InChI=1S/C21H43N3O2S/c1-4-5-6-9-12-17-24(19-14-16-22-21(27)23(2)3)18-13-10-7-8-11-15-20(25)26/h4-19H2,1-3H3,(H,22,27)(H,25,26). The minimum absolute atomic E-state index is 0.311. The Morgan fingerprint density at radius 1 is 0.852 bits per heavy atom. The van der Waals surface area contributed by atoms with E-state index in [0.717, 1.165) is 50.4 Å². The van der Waals surface area contributed by atoms with Crippen molar-refractivity contribution >= 4 is 23.3 Å². The van der Waals surface area contributed by atoms with Crippen LogP contribution in [0.2, 0.25) is 0 Å². The van der Waals surface area contributed by atoms with Gasteiger partial charge in [0.2, 0.25) is 0 Å². The molecule has 0 bridgehead atoms. The number of rotatable bonds is 18. The van der Waals surface area contributed by atoms with E-state index in [1.165, 1.54) is 51.5 Å². The summed E-state index contributed by atoms with van der Waals surface area (Å²) in [5.41, 5.74) is 0. The molecule has 0 aliphatic carbocycles. The highest BCUT2D eigenvalue weighted by atomic mass is 32.1. The van der Waals surface area contributed by atoms with Gasteiger partial charge in [-0.3, -0.25) is 4.79 Å². The summed E-state index contributed by atoms with van der Waals surface area (Å²) in [5.74, 6) is -0.674. The van der Waals surface area contributed by atoms with Crippen molar-refractivity contribution in [2.75, 3.05) is 40.3 Å². The van der Waals surface area contributed by atoms with Gasteiger partial charge < -0.3 is 20.2 Å². The molecule has 0 aliphatic rings. The molecule has 0 saturated heterocycles. The SMILES string of the molecule is CCCCCCCN(CCCCCCCC(=O)O)CCCNC(=S)N(C)C. The molecule has 0 amide bonds. The number of unbranched alkanes of at least 4 members (excludes halogenated alkanes) is 8. The average Bonchev–Trinajstić information content (AvgIpc) is 2.62. The number of thiocarbonyl (C=S) groups is 1. The van der Waals surface area contributed by atoms with E-state index in [1.54, 1.807) is 0 Å².